The molecule has 2 aromatic heterocycles. The van der Waals surface area contributed by atoms with Crippen molar-refractivity contribution in [2.75, 3.05) is 12.4 Å². The lowest BCUT2D eigenvalue weighted by Crippen LogP contribution is -2.26. The highest BCUT2D eigenvalue weighted by Gasteiger charge is 2.18. The zero-order chi connectivity index (χ0) is 17.8. The molecule has 0 fully saturated rings. The fourth-order valence-corrected chi connectivity index (χ4v) is 3.00. The van der Waals surface area contributed by atoms with Crippen LogP contribution in [0.3, 0.4) is 0 Å². The summed E-state index contributed by atoms with van der Waals surface area (Å²) in [5.74, 6) is 0.221. The van der Waals surface area contributed by atoms with E-state index >= 15 is 0 Å². The largest absolute Gasteiger partial charge is 0.467 e. The summed E-state index contributed by atoms with van der Waals surface area (Å²) in [7, 11) is 1.68. The van der Waals surface area contributed by atoms with Gasteiger partial charge >= 0.3 is 0 Å². The second-order valence-corrected chi connectivity index (χ2v) is 6.41. The fraction of sp³-hybridized carbons (Fsp3) is 0.167. The van der Waals surface area contributed by atoms with Crippen molar-refractivity contribution in [3.8, 4) is 0 Å². The second-order valence-electron chi connectivity index (χ2n) is 5.55. The predicted octanol–water partition coefficient (Wildman–Crippen LogP) is 3.57. The van der Waals surface area contributed by atoms with Crippen LogP contribution in [0, 0.1) is 6.92 Å². The zero-order valence-corrected chi connectivity index (χ0v) is 14.7. The molecule has 2 amide bonds. The fourth-order valence-electron chi connectivity index (χ4n) is 2.33. The molecule has 0 unspecified atom stereocenters. The van der Waals surface area contributed by atoms with E-state index in [2.05, 4.69) is 10.3 Å². The number of carbonyl (C=O) groups excluding carboxylic acids is 2. The molecule has 7 heteroatoms. The summed E-state index contributed by atoms with van der Waals surface area (Å²) in [5, 5.41) is 4.76. The van der Waals surface area contributed by atoms with Crippen molar-refractivity contribution in [2.45, 2.75) is 13.5 Å². The van der Waals surface area contributed by atoms with Gasteiger partial charge in [0.25, 0.3) is 11.8 Å². The number of hydrogen-bond donors (Lipinski definition) is 1. The standard InChI is InChI=1S/C18H17N3O3S/c1-12-6-3-4-8-14(12)16(22)20-18-19-15(11-25-18)17(23)21(2)10-13-7-5-9-24-13/h3-9,11H,10H2,1-2H3,(H,19,20,22). The Hall–Kier alpha value is -2.93. The number of thiazole rings is 1. The van der Waals surface area contributed by atoms with E-state index < -0.39 is 0 Å². The molecule has 0 saturated heterocycles. The summed E-state index contributed by atoms with van der Waals surface area (Å²) >= 11 is 1.22. The molecule has 0 saturated carbocycles. The second kappa shape index (κ2) is 7.31. The molecule has 0 spiro atoms. The van der Waals surface area contributed by atoms with Crippen LogP contribution >= 0.6 is 11.3 Å². The van der Waals surface area contributed by atoms with Crippen LogP contribution in [0.25, 0.3) is 0 Å². The molecule has 3 aromatic rings. The zero-order valence-electron chi connectivity index (χ0n) is 13.9. The van der Waals surface area contributed by atoms with Crippen LogP contribution < -0.4 is 5.32 Å². The maximum atomic E-state index is 12.4. The van der Waals surface area contributed by atoms with Gasteiger partial charge in [-0.25, -0.2) is 4.98 Å². The number of furan rings is 1. The normalized spacial score (nSPS) is 10.5. The summed E-state index contributed by atoms with van der Waals surface area (Å²) in [6.45, 7) is 2.23. The maximum Gasteiger partial charge on any atom is 0.273 e. The molecular weight excluding hydrogens is 338 g/mol. The van der Waals surface area contributed by atoms with Gasteiger partial charge in [0.15, 0.2) is 5.13 Å². The molecule has 0 aliphatic heterocycles. The van der Waals surface area contributed by atoms with Crippen molar-refractivity contribution in [1.82, 2.24) is 9.88 Å². The molecular formula is C18H17N3O3S. The van der Waals surface area contributed by atoms with E-state index in [0.29, 0.717) is 28.7 Å². The first-order valence-electron chi connectivity index (χ1n) is 7.65. The van der Waals surface area contributed by atoms with Crippen LogP contribution in [-0.2, 0) is 6.54 Å². The van der Waals surface area contributed by atoms with Crippen LogP contribution in [-0.4, -0.2) is 28.7 Å². The van der Waals surface area contributed by atoms with Gasteiger partial charge in [0.1, 0.15) is 11.5 Å². The number of hydrogen-bond acceptors (Lipinski definition) is 5. The Labute approximate surface area is 149 Å². The van der Waals surface area contributed by atoms with Crippen molar-refractivity contribution in [1.29, 1.82) is 0 Å². The highest BCUT2D eigenvalue weighted by atomic mass is 32.1. The molecule has 0 atom stereocenters. The number of carbonyl (C=O) groups is 2. The molecule has 3 rings (SSSR count). The Morgan fingerprint density at radius 3 is 2.76 bits per heavy atom. The minimum absolute atomic E-state index is 0.232. The Morgan fingerprint density at radius 2 is 2.04 bits per heavy atom. The summed E-state index contributed by atoms with van der Waals surface area (Å²) in [6, 6.07) is 10.9. The van der Waals surface area contributed by atoms with Gasteiger partial charge in [0, 0.05) is 18.0 Å². The van der Waals surface area contributed by atoms with E-state index in [1.54, 1.807) is 36.9 Å². The summed E-state index contributed by atoms with van der Waals surface area (Å²) in [6.07, 6.45) is 1.57. The smallest absolute Gasteiger partial charge is 0.273 e. The molecule has 0 radical (unpaired) electrons. The Balaban J connectivity index is 1.66. The molecule has 0 aliphatic carbocycles. The predicted molar refractivity (Wildman–Crippen MR) is 95.8 cm³/mol. The van der Waals surface area contributed by atoms with Gasteiger partial charge in [-0.1, -0.05) is 18.2 Å². The number of amides is 2. The molecule has 6 nitrogen and oxygen atoms in total. The van der Waals surface area contributed by atoms with Gasteiger partial charge in [-0.05, 0) is 30.7 Å². The van der Waals surface area contributed by atoms with Gasteiger partial charge in [-0.2, -0.15) is 0 Å². The average Bonchev–Trinajstić information content (AvgIpc) is 3.26. The lowest BCUT2D eigenvalue weighted by Gasteiger charge is -2.13. The first kappa shape index (κ1) is 16.9. The van der Waals surface area contributed by atoms with Crippen molar-refractivity contribution in [3.05, 3.63) is 70.6 Å². The van der Waals surface area contributed by atoms with Gasteiger partial charge in [0.2, 0.25) is 0 Å². The molecule has 25 heavy (non-hydrogen) atoms. The molecule has 128 valence electrons. The number of aryl methyl sites for hydroxylation is 1. The number of anilines is 1. The maximum absolute atomic E-state index is 12.4. The Kier molecular flexibility index (Phi) is 4.95. The van der Waals surface area contributed by atoms with Crippen LogP contribution in [0.2, 0.25) is 0 Å². The van der Waals surface area contributed by atoms with E-state index in [1.807, 2.05) is 25.1 Å². The van der Waals surface area contributed by atoms with Crippen molar-refractivity contribution < 1.29 is 14.0 Å². The average molecular weight is 355 g/mol. The third kappa shape index (κ3) is 3.95. The van der Waals surface area contributed by atoms with Gasteiger partial charge in [0.05, 0.1) is 12.8 Å². The van der Waals surface area contributed by atoms with Gasteiger partial charge in [-0.15, -0.1) is 11.3 Å². The van der Waals surface area contributed by atoms with Crippen molar-refractivity contribution in [3.63, 3.8) is 0 Å². The monoisotopic (exact) mass is 355 g/mol. The van der Waals surface area contributed by atoms with Gasteiger partial charge < -0.3 is 9.32 Å². The van der Waals surface area contributed by atoms with E-state index in [9.17, 15) is 9.59 Å². The topological polar surface area (TPSA) is 75.4 Å². The molecule has 1 N–H and O–H groups in total. The number of nitrogens with zero attached hydrogens (tertiary/aromatic N) is 2. The highest BCUT2D eigenvalue weighted by Crippen LogP contribution is 2.19. The van der Waals surface area contributed by atoms with Gasteiger partial charge in [-0.3, -0.25) is 14.9 Å². The molecule has 0 bridgehead atoms. The van der Waals surface area contributed by atoms with E-state index in [0.717, 1.165) is 5.56 Å². The summed E-state index contributed by atoms with van der Waals surface area (Å²) < 4.78 is 5.24. The minimum Gasteiger partial charge on any atom is -0.467 e. The minimum atomic E-state index is -0.240. The number of rotatable bonds is 5. The van der Waals surface area contributed by atoms with Crippen LogP contribution in [0.4, 0.5) is 5.13 Å². The molecule has 0 aliphatic rings. The Morgan fingerprint density at radius 1 is 1.24 bits per heavy atom. The molecule has 1 aromatic carbocycles. The lowest BCUT2D eigenvalue weighted by atomic mass is 10.1. The number of benzene rings is 1. The quantitative estimate of drug-likeness (QED) is 0.759. The van der Waals surface area contributed by atoms with E-state index in [-0.39, 0.29) is 11.8 Å². The van der Waals surface area contributed by atoms with Crippen molar-refractivity contribution >= 4 is 28.3 Å². The lowest BCUT2D eigenvalue weighted by molar-refractivity contribution is 0.0770. The van der Waals surface area contributed by atoms with E-state index in [4.69, 9.17) is 4.42 Å². The van der Waals surface area contributed by atoms with Crippen LogP contribution in [0.5, 0.6) is 0 Å². The van der Waals surface area contributed by atoms with Crippen molar-refractivity contribution in [2.24, 2.45) is 0 Å². The van der Waals surface area contributed by atoms with Crippen LogP contribution in [0.15, 0.2) is 52.5 Å². The Bertz CT molecular complexity index is 887. The summed E-state index contributed by atoms with van der Waals surface area (Å²) in [5.41, 5.74) is 1.76. The third-order valence-corrected chi connectivity index (χ3v) is 4.41. The first-order valence-corrected chi connectivity index (χ1v) is 8.53. The highest BCUT2D eigenvalue weighted by molar-refractivity contribution is 7.14. The van der Waals surface area contributed by atoms with E-state index in [1.165, 1.54) is 16.2 Å². The summed E-state index contributed by atoms with van der Waals surface area (Å²) in [4.78, 5) is 30.5. The first-order chi connectivity index (χ1) is 12.0. The number of nitrogens with one attached hydrogen (secondary N) is 1. The van der Waals surface area contributed by atoms with Crippen LogP contribution in [0.1, 0.15) is 32.2 Å². The number of aromatic nitrogens is 1. The third-order valence-electron chi connectivity index (χ3n) is 3.65. The molecule has 2 heterocycles. The SMILES string of the molecule is Cc1ccccc1C(=O)Nc1nc(C(=O)N(C)Cc2ccco2)cs1.